The molecule has 0 bridgehead atoms. The second kappa shape index (κ2) is 4.42. The van der Waals surface area contributed by atoms with E-state index in [1.807, 2.05) is 0 Å². The van der Waals surface area contributed by atoms with Crippen LogP contribution in [-0.4, -0.2) is 14.1 Å². The second-order valence-corrected chi connectivity index (χ2v) is 4.20. The number of para-hydroxylation sites is 1. The number of hydrogen-bond donors (Lipinski definition) is 2. The number of hydrogen-bond acceptors (Lipinski definition) is 3. The van der Waals surface area contributed by atoms with Gasteiger partial charge in [0.05, 0.1) is 0 Å². The Kier molecular flexibility index (Phi) is 3.49. The van der Waals surface area contributed by atoms with Crippen molar-refractivity contribution in [1.29, 1.82) is 0 Å². The van der Waals surface area contributed by atoms with Crippen LogP contribution in [0.5, 0.6) is 5.75 Å². The van der Waals surface area contributed by atoms with Gasteiger partial charge in [-0.15, -0.1) is 0 Å². The van der Waals surface area contributed by atoms with E-state index in [0.717, 1.165) is 0 Å². The molecule has 5 heteroatoms. The predicted molar refractivity (Wildman–Crippen MR) is 36.2 cm³/mol. The van der Waals surface area contributed by atoms with Crippen molar-refractivity contribution in [2.45, 2.75) is 0 Å². The summed E-state index contributed by atoms with van der Waals surface area (Å²) in [6.07, 6.45) is 0. The first-order valence-electron chi connectivity index (χ1n) is 3.31. The van der Waals surface area contributed by atoms with E-state index in [-0.39, 0.29) is 11.3 Å². The molecule has 0 aromatic heterocycles. The van der Waals surface area contributed by atoms with E-state index in [9.17, 15) is 4.79 Å². The molecule has 0 spiro atoms. The Bertz CT molecular complexity index is 286. The number of benzene rings is 1. The molecule has 12 heavy (non-hydrogen) atoms. The first-order valence-corrected chi connectivity index (χ1v) is 8.02. The fourth-order valence-corrected chi connectivity index (χ4v) is 2.36. The zero-order valence-electron chi connectivity index (χ0n) is 6.23. The summed E-state index contributed by atoms with van der Waals surface area (Å²) in [5.74, 6) is -0.762. The van der Waals surface area contributed by atoms with Crippen LogP contribution < -0.4 is 2.64 Å². The van der Waals surface area contributed by atoms with Crippen LogP contribution in [0, 0.1) is 0 Å². The second-order valence-electron chi connectivity index (χ2n) is 2.07. The van der Waals surface area contributed by atoms with E-state index >= 15 is 0 Å². The Morgan fingerprint density at radius 3 is 2.67 bits per heavy atom. The van der Waals surface area contributed by atoms with E-state index in [2.05, 4.69) is 0 Å². The third kappa shape index (κ3) is 2.18. The van der Waals surface area contributed by atoms with Gasteiger partial charge in [-0.3, -0.25) is 0 Å². The van der Waals surface area contributed by atoms with Gasteiger partial charge in [-0.25, -0.2) is 0 Å². The molecule has 0 atom stereocenters. The Balaban J connectivity index is 3.00. The van der Waals surface area contributed by atoms with Crippen molar-refractivity contribution in [2.24, 2.45) is 0 Å². The fourth-order valence-electron chi connectivity index (χ4n) is 0.839. The molecule has 0 aliphatic heterocycles. The Morgan fingerprint density at radius 2 is 2.08 bits per heavy atom. The van der Waals surface area contributed by atoms with Gasteiger partial charge in [0.25, 0.3) is 0 Å². The molecule has 0 aliphatic carbocycles. The van der Waals surface area contributed by atoms with Crippen LogP contribution in [0.3, 0.4) is 0 Å². The molecule has 4 nitrogen and oxygen atoms in total. The van der Waals surface area contributed by atoms with Crippen LogP contribution in [0.25, 0.3) is 0 Å². The molecule has 0 amide bonds. The zero-order chi connectivity index (χ0) is 8.97. The summed E-state index contributed by atoms with van der Waals surface area (Å²) >= 11 is -2.25. The first-order chi connectivity index (χ1) is 5.75. The molecule has 0 fully saturated rings. The number of carbonyl (C=O) groups is 1. The van der Waals surface area contributed by atoms with Gasteiger partial charge in [-0.1, -0.05) is 0 Å². The van der Waals surface area contributed by atoms with Crippen LogP contribution >= 0.6 is 0 Å². The third-order valence-electron chi connectivity index (χ3n) is 1.34. The van der Waals surface area contributed by atoms with Crippen molar-refractivity contribution in [3.63, 3.8) is 0 Å². The van der Waals surface area contributed by atoms with E-state index < -0.39 is 31.5 Å². The summed E-state index contributed by atoms with van der Waals surface area (Å²) in [4.78, 5) is 10.6. The average molecular weight is 355 g/mol. The molecular weight excluding hydrogens is 349 g/mol. The molecule has 0 radical (unpaired) electrons. The Hall–Kier alpha value is -0.615. The van der Waals surface area contributed by atoms with Gasteiger partial charge >= 0.3 is 82.6 Å². The van der Waals surface area contributed by atoms with Gasteiger partial charge < -0.3 is 0 Å². The van der Waals surface area contributed by atoms with Crippen LogP contribution in [0.1, 0.15) is 10.4 Å². The van der Waals surface area contributed by atoms with Gasteiger partial charge in [-0.2, -0.15) is 0 Å². The Morgan fingerprint density at radius 1 is 1.42 bits per heavy atom. The molecule has 2 N–H and O–H groups in total. The molecule has 1 aromatic rings. The normalized spacial score (nSPS) is 8.75. The summed E-state index contributed by atoms with van der Waals surface area (Å²) in [5.41, 5.74) is 0.103. The summed E-state index contributed by atoms with van der Waals surface area (Å²) in [5, 5.41) is 8.66. The summed E-state index contributed by atoms with van der Waals surface area (Å²) in [6, 6.07) is 6.27. The van der Waals surface area contributed by atoms with Crippen LogP contribution in [0.15, 0.2) is 24.3 Å². The molecular formula is C7H6HgO4. The van der Waals surface area contributed by atoms with E-state index in [1.165, 1.54) is 6.07 Å². The van der Waals surface area contributed by atoms with Gasteiger partial charge in [0, 0.05) is 0 Å². The molecule has 0 unspecified atom stereocenters. The molecule has 60 valence electrons. The summed E-state index contributed by atoms with van der Waals surface area (Å²) in [6.45, 7) is 0. The molecule has 0 saturated heterocycles. The van der Waals surface area contributed by atoms with Gasteiger partial charge in [0.1, 0.15) is 0 Å². The first kappa shape index (κ1) is 9.47. The molecule has 1 rings (SSSR count). The number of rotatable bonds is 3. The van der Waals surface area contributed by atoms with Crippen molar-refractivity contribution >= 4 is 5.97 Å². The van der Waals surface area contributed by atoms with Crippen LogP contribution in [0.2, 0.25) is 0 Å². The number of aromatic carboxylic acids is 1. The quantitative estimate of drug-likeness (QED) is 0.783. The van der Waals surface area contributed by atoms with Crippen molar-refractivity contribution in [2.75, 3.05) is 0 Å². The maximum absolute atomic E-state index is 10.6. The van der Waals surface area contributed by atoms with Crippen LogP contribution in [-0.2, 0) is 25.5 Å². The molecule has 0 aliphatic rings. The van der Waals surface area contributed by atoms with Crippen molar-refractivity contribution in [3.8, 4) is 5.75 Å². The van der Waals surface area contributed by atoms with Gasteiger partial charge in [0.2, 0.25) is 0 Å². The van der Waals surface area contributed by atoms with Crippen LogP contribution in [0.4, 0.5) is 0 Å². The number of carboxylic acid groups (broad SMARTS) is 1. The summed E-state index contributed by atoms with van der Waals surface area (Å²) in [7, 11) is 0. The zero-order valence-corrected chi connectivity index (χ0v) is 11.7. The molecule has 0 saturated carbocycles. The van der Waals surface area contributed by atoms with E-state index in [1.54, 1.807) is 18.2 Å². The summed E-state index contributed by atoms with van der Waals surface area (Å²) < 4.78 is 13.5. The Labute approximate surface area is 82.6 Å². The predicted octanol–water partition coefficient (Wildman–Crippen LogP) is 0.668. The standard InChI is InChI=1S/C7H6O3.Hg.H2O/c8-6-4-2-1-3-5(6)7(9)10;;/h1-4,8H,(H,9,10);;1H2/q;+2;/p-2. The average Bonchev–Trinajstić information content (AvgIpc) is 2.05. The topological polar surface area (TPSA) is 66.8 Å². The van der Waals surface area contributed by atoms with Gasteiger partial charge in [-0.05, 0) is 0 Å². The monoisotopic (exact) mass is 356 g/mol. The maximum atomic E-state index is 10.6. The van der Waals surface area contributed by atoms with Gasteiger partial charge in [0.15, 0.2) is 0 Å². The van der Waals surface area contributed by atoms with Crippen molar-refractivity contribution in [3.05, 3.63) is 29.8 Å². The molecule has 1 aromatic carbocycles. The third-order valence-corrected chi connectivity index (χ3v) is 3.05. The van der Waals surface area contributed by atoms with Crippen molar-refractivity contribution in [1.82, 2.24) is 0 Å². The van der Waals surface area contributed by atoms with E-state index in [4.69, 9.17) is 10.8 Å². The van der Waals surface area contributed by atoms with E-state index in [0.29, 0.717) is 0 Å². The van der Waals surface area contributed by atoms with Crippen molar-refractivity contribution < 1.29 is 41.0 Å². The fraction of sp³-hybridized carbons (Fsp3) is 0. The minimum atomic E-state index is -2.25. The SMILES string of the molecule is O=C(O)c1ccccc1[O][Hg][OH]. The number of carboxylic acids is 1. The molecule has 0 heterocycles. The minimum absolute atomic E-state index is 0.103.